The van der Waals surface area contributed by atoms with Crippen molar-refractivity contribution in [2.75, 3.05) is 7.11 Å². The Hall–Kier alpha value is -3.28. The number of methoxy groups -OCH3 is 1. The molecule has 2 heterocycles. The molecule has 4 rings (SSSR count). The van der Waals surface area contributed by atoms with E-state index in [1.54, 1.807) is 19.9 Å². The fourth-order valence-electron chi connectivity index (χ4n) is 4.18. The molecule has 1 aliphatic heterocycles. The van der Waals surface area contributed by atoms with E-state index in [1.807, 2.05) is 13.8 Å². The van der Waals surface area contributed by atoms with E-state index in [9.17, 15) is 28.0 Å². The van der Waals surface area contributed by atoms with Crippen LogP contribution in [0.15, 0.2) is 33.0 Å². The molecule has 0 amide bonds. The summed E-state index contributed by atoms with van der Waals surface area (Å²) in [6.07, 6.45) is 1.49. The van der Waals surface area contributed by atoms with E-state index in [4.69, 9.17) is 18.1 Å². The first-order valence-corrected chi connectivity index (χ1v) is 12.1. The number of aromatic hydroxyl groups is 1. The average Bonchev–Trinajstić information content (AvgIpc) is 3.15. The zero-order chi connectivity index (χ0) is 25.9. The Morgan fingerprint density at radius 2 is 1.89 bits per heavy atom. The largest absolute Gasteiger partial charge is 0.507 e. The number of allylic oxidation sites excluding steroid dienone is 2. The molecule has 0 radical (unpaired) electrons. The van der Waals surface area contributed by atoms with Crippen LogP contribution in [0.1, 0.15) is 38.8 Å². The highest BCUT2D eigenvalue weighted by Gasteiger charge is 2.37. The van der Waals surface area contributed by atoms with Gasteiger partial charge in [-0.2, -0.15) is 8.42 Å². The first kappa shape index (κ1) is 24.8. The predicted molar refractivity (Wildman–Crippen MR) is 128 cm³/mol. The molecule has 3 N–H and O–H groups in total. The summed E-state index contributed by atoms with van der Waals surface area (Å²) in [4.78, 5) is 13.7. The van der Waals surface area contributed by atoms with E-state index in [2.05, 4.69) is 0 Å². The average molecular weight is 507 g/mol. The number of ether oxygens (including phenoxy) is 2. The van der Waals surface area contributed by atoms with Gasteiger partial charge in [0.15, 0.2) is 11.5 Å². The topological polar surface area (TPSA) is 153 Å². The molecule has 3 aromatic rings. The minimum atomic E-state index is -4.91. The molecule has 1 aromatic heterocycles. The fourth-order valence-corrected chi connectivity index (χ4v) is 4.53. The second kappa shape index (κ2) is 8.43. The predicted octanol–water partition coefficient (Wildman–Crippen LogP) is 3.43. The van der Waals surface area contributed by atoms with Crippen molar-refractivity contribution < 1.29 is 41.3 Å². The summed E-state index contributed by atoms with van der Waals surface area (Å²) in [6, 6.07) is 2.57. The summed E-state index contributed by atoms with van der Waals surface area (Å²) < 4.78 is 53.9. The second-order valence-electron chi connectivity index (χ2n) is 9.23. The third kappa shape index (κ3) is 4.54. The second-order valence-corrected chi connectivity index (χ2v) is 10.2. The molecule has 0 saturated carbocycles. The first-order valence-electron chi connectivity index (χ1n) is 10.8. The van der Waals surface area contributed by atoms with E-state index in [0.717, 1.165) is 11.6 Å². The van der Waals surface area contributed by atoms with Gasteiger partial charge in [-0.3, -0.25) is 9.35 Å². The Balaban J connectivity index is 2.08. The van der Waals surface area contributed by atoms with Crippen molar-refractivity contribution in [3.8, 4) is 23.0 Å². The van der Waals surface area contributed by atoms with Crippen LogP contribution in [0.5, 0.6) is 23.0 Å². The molecule has 0 aliphatic carbocycles. The quantitative estimate of drug-likeness (QED) is 0.257. The monoisotopic (exact) mass is 506 g/mol. The van der Waals surface area contributed by atoms with Crippen molar-refractivity contribution in [3.05, 3.63) is 45.1 Å². The van der Waals surface area contributed by atoms with Crippen LogP contribution >= 0.6 is 0 Å². The zero-order valence-electron chi connectivity index (χ0n) is 19.8. The van der Waals surface area contributed by atoms with Crippen LogP contribution in [0.3, 0.4) is 0 Å². The van der Waals surface area contributed by atoms with Gasteiger partial charge in [-0.15, -0.1) is 0 Å². The van der Waals surface area contributed by atoms with Crippen molar-refractivity contribution in [1.82, 2.24) is 0 Å². The van der Waals surface area contributed by atoms with Gasteiger partial charge in [0.1, 0.15) is 34.2 Å². The molecule has 10 nitrogen and oxygen atoms in total. The fraction of sp³-hybridized carbons (Fsp3) is 0.375. The van der Waals surface area contributed by atoms with Crippen LogP contribution in [0, 0.1) is 0 Å². The maximum atomic E-state index is 13.7. The lowest BCUT2D eigenvalue weighted by Gasteiger charge is -2.24. The standard InChI is InChI=1S/C24H26O10S/c1-11(2)6-7-12-19-15(10-17(23(12)31-5)34-35(28,29)30)32-16-9-14-13(21(25)20(16)22(19)26)8-18(33-14)24(3,4)27/h6,9-10,18,25,27H,7-8H2,1-5H3,(H,28,29,30)/t18-/m1/s1. The smallest absolute Gasteiger partial charge is 0.446 e. The molecule has 1 atom stereocenters. The summed E-state index contributed by atoms with van der Waals surface area (Å²) in [5, 5.41) is 21.4. The molecular formula is C24H26O10S. The number of hydrogen-bond donors (Lipinski definition) is 3. The highest BCUT2D eigenvalue weighted by atomic mass is 32.3. The third-order valence-corrected chi connectivity index (χ3v) is 6.26. The normalized spacial score (nSPS) is 15.7. The van der Waals surface area contributed by atoms with Gasteiger partial charge in [0.05, 0.1) is 18.1 Å². The maximum absolute atomic E-state index is 13.7. The van der Waals surface area contributed by atoms with Gasteiger partial charge in [-0.05, 0) is 34.1 Å². The summed E-state index contributed by atoms with van der Waals surface area (Å²) in [7, 11) is -3.64. The minimum Gasteiger partial charge on any atom is -0.507 e. The molecule has 0 unspecified atom stereocenters. The van der Waals surface area contributed by atoms with Crippen molar-refractivity contribution in [2.45, 2.75) is 52.2 Å². The van der Waals surface area contributed by atoms with Gasteiger partial charge in [-0.1, -0.05) is 11.6 Å². The van der Waals surface area contributed by atoms with Gasteiger partial charge in [0.25, 0.3) is 0 Å². The lowest BCUT2D eigenvalue weighted by atomic mass is 9.95. The first-order chi connectivity index (χ1) is 16.2. The Labute approximate surface area is 201 Å². The van der Waals surface area contributed by atoms with Crippen molar-refractivity contribution in [3.63, 3.8) is 0 Å². The minimum absolute atomic E-state index is 0.00807. The third-order valence-electron chi connectivity index (χ3n) is 5.87. The number of aliphatic hydroxyl groups is 1. The van der Waals surface area contributed by atoms with Gasteiger partial charge in [0.2, 0.25) is 5.43 Å². The Kier molecular flexibility index (Phi) is 5.98. The van der Waals surface area contributed by atoms with Crippen LogP contribution in [-0.4, -0.2) is 42.0 Å². The number of phenolic OH excluding ortho intramolecular Hbond substituents is 1. The van der Waals surface area contributed by atoms with Crippen molar-refractivity contribution in [1.29, 1.82) is 0 Å². The Morgan fingerprint density at radius 1 is 1.23 bits per heavy atom. The van der Waals surface area contributed by atoms with Gasteiger partial charge in [-0.25, -0.2) is 0 Å². The molecule has 0 bridgehead atoms. The van der Waals surface area contributed by atoms with Crippen LogP contribution in [0.25, 0.3) is 21.9 Å². The van der Waals surface area contributed by atoms with E-state index < -0.39 is 27.5 Å². The SMILES string of the molecule is COc1c(OS(=O)(=O)O)cc2oc3cc4c(c(O)c3c(=O)c2c1CC=C(C)C)C[C@H](C(C)(C)O)O4. The number of rotatable bonds is 6. The molecule has 35 heavy (non-hydrogen) atoms. The molecular weight excluding hydrogens is 480 g/mol. The van der Waals surface area contributed by atoms with Crippen LogP contribution in [0.4, 0.5) is 0 Å². The Bertz CT molecular complexity index is 1540. The molecule has 0 spiro atoms. The van der Waals surface area contributed by atoms with E-state index >= 15 is 0 Å². The summed E-state index contributed by atoms with van der Waals surface area (Å²) >= 11 is 0. The van der Waals surface area contributed by atoms with E-state index in [1.165, 1.54) is 13.2 Å². The lowest BCUT2D eigenvalue weighted by Crippen LogP contribution is -2.39. The Morgan fingerprint density at radius 3 is 2.46 bits per heavy atom. The molecule has 11 heteroatoms. The summed E-state index contributed by atoms with van der Waals surface area (Å²) in [5.41, 5.74) is -0.274. The highest BCUT2D eigenvalue weighted by Crippen LogP contribution is 2.44. The van der Waals surface area contributed by atoms with Crippen LogP contribution in [-0.2, 0) is 23.2 Å². The summed E-state index contributed by atoms with van der Waals surface area (Å²) in [6.45, 7) is 6.85. The molecule has 2 aromatic carbocycles. The molecule has 188 valence electrons. The molecule has 1 aliphatic rings. The van der Waals surface area contributed by atoms with Gasteiger partial charge in [0, 0.05) is 29.7 Å². The molecule has 0 fully saturated rings. The zero-order valence-corrected chi connectivity index (χ0v) is 20.6. The number of benzene rings is 2. The molecule has 0 saturated heterocycles. The highest BCUT2D eigenvalue weighted by molar-refractivity contribution is 7.81. The maximum Gasteiger partial charge on any atom is 0.446 e. The number of fused-ring (bicyclic) bond motifs is 3. The van der Waals surface area contributed by atoms with E-state index in [-0.39, 0.29) is 63.3 Å². The van der Waals surface area contributed by atoms with Crippen LogP contribution in [0.2, 0.25) is 0 Å². The number of phenols is 1. The van der Waals surface area contributed by atoms with Crippen LogP contribution < -0.4 is 19.1 Å². The van der Waals surface area contributed by atoms with Gasteiger partial charge < -0.3 is 28.3 Å². The van der Waals surface area contributed by atoms with Crippen molar-refractivity contribution in [2.24, 2.45) is 0 Å². The number of hydrogen-bond acceptors (Lipinski definition) is 9. The lowest BCUT2D eigenvalue weighted by molar-refractivity contribution is -0.0229. The van der Waals surface area contributed by atoms with E-state index in [0.29, 0.717) is 5.56 Å². The van der Waals surface area contributed by atoms with Gasteiger partial charge >= 0.3 is 10.4 Å². The van der Waals surface area contributed by atoms with Crippen molar-refractivity contribution >= 4 is 32.3 Å². The summed E-state index contributed by atoms with van der Waals surface area (Å²) in [5.74, 6) is -0.501.